The number of carbonyl (C=O) groups is 1. The third-order valence-electron chi connectivity index (χ3n) is 2.20. The van der Waals surface area contributed by atoms with Gasteiger partial charge in [0.15, 0.2) is 0 Å². The van der Waals surface area contributed by atoms with Crippen molar-refractivity contribution < 1.29 is 9.90 Å². The van der Waals surface area contributed by atoms with E-state index in [1.165, 1.54) is 25.7 Å². The molecule has 1 saturated carbocycles. The highest BCUT2D eigenvalue weighted by Gasteiger charge is 2.19. The topological polar surface area (TPSA) is 37.3 Å². The van der Waals surface area contributed by atoms with Crippen molar-refractivity contribution in [2.45, 2.75) is 44.9 Å². The van der Waals surface area contributed by atoms with Crippen molar-refractivity contribution in [1.82, 2.24) is 0 Å². The molecule has 0 radical (unpaired) electrons. The van der Waals surface area contributed by atoms with Gasteiger partial charge in [0.1, 0.15) is 0 Å². The first-order chi connectivity index (χ1) is 5.29. The zero-order valence-corrected chi connectivity index (χ0v) is 6.88. The molecule has 1 rings (SSSR count). The second-order valence-electron chi connectivity index (χ2n) is 3.44. The van der Waals surface area contributed by atoms with E-state index in [-0.39, 0.29) is 0 Å². The lowest BCUT2D eigenvalue weighted by atomic mass is 10.1. The molecule has 1 N–H and O–H groups in total. The average Bonchev–Trinajstić information content (AvgIpc) is 2.70. The summed E-state index contributed by atoms with van der Waals surface area (Å²) in [6.07, 6.45) is 7.71. The highest BCUT2D eigenvalue weighted by Crippen LogP contribution is 2.34. The maximum atomic E-state index is 10.1. The van der Waals surface area contributed by atoms with Crippen LogP contribution in [0.1, 0.15) is 44.9 Å². The Bertz CT molecular complexity index is 128. The van der Waals surface area contributed by atoms with Gasteiger partial charge in [0.25, 0.3) is 0 Å². The minimum atomic E-state index is -0.656. The van der Waals surface area contributed by atoms with Crippen molar-refractivity contribution in [3.63, 3.8) is 0 Å². The molecule has 0 aliphatic heterocycles. The molecule has 0 unspecified atom stereocenters. The maximum Gasteiger partial charge on any atom is 0.303 e. The number of hydrogen-bond acceptors (Lipinski definition) is 1. The van der Waals surface area contributed by atoms with E-state index < -0.39 is 5.97 Å². The van der Waals surface area contributed by atoms with Gasteiger partial charge in [0.2, 0.25) is 0 Å². The van der Waals surface area contributed by atoms with Crippen molar-refractivity contribution in [2.75, 3.05) is 0 Å². The van der Waals surface area contributed by atoms with Crippen LogP contribution in [0.5, 0.6) is 0 Å². The van der Waals surface area contributed by atoms with Crippen molar-refractivity contribution in [2.24, 2.45) is 5.92 Å². The lowest BCUT2D eigenvalue weighted by Gasteiger charge is -1.96. The molecule has 2 heteroatoms. The molecular weight excluding hydrogens is 140 g/mol. The van der Waals surface area contributed by atoms with Crippen LogP contribution in [0.25, 0.3) is 0 Å². The molecule has 1 aliphatic carbocycles. The Morgan fingerprint density at radius 3 is 2.55 bits per heavy atom. The van der Waals surface area contributed by atoms with Crippen LogP contribution in [0.4, 0.5) is 0 Å². The molecule has 0 aromatic carbocycles. The summed E-state index contributed by atoms with van der Waals surface area (Å²) in [6.45, 7) is 0. The van der Waals surface area contributed by atoms with Gasteiger partial charge in [-0.1, -0.05) is 32.1 Å². The minimum absolute atomic E-state index is 0.352. The van der Waals surface area contributed by atoms with E-state index in [2.05, 4.69) is 0 Å². The molecular formula is C9H16O2. The van der Waals surface area contributed by atoms with E-state index in [1.54, 1.807) is 0 Å². The monoisotopic (exact) mass is 156 g/mol. The summed E-state index contributed by atoms with van der Waals surface area (Å²) in [6, 6.07) is 0. The van der Waals surface area contributed by atoms with E-state index >= 15 is 0 Å². The number of unbranched alkanes of at least 4 members (excludes halogenated alkanes) is 2. The van der Waals surface area contributed by atoms with E-state index in [1.807, 2.05) is 0 Å². The first-order valence-corrected chi connectivity index (χ1v) is 4.51. The quantitative estimate of drug-likeness (QED) is 0.600. The van der Waals surface area contributed by atoms with Gasteiger partial charge in [-0.05, 0) is 12.3 Å². The molecule has 11 heavy (non-hydrogen) atoms. The normalized spacial score (nSPS) is 16.7. The van der Waals surface area contributed by atoms with E-state index in [9.17, 15) is 4.79 Å². The van der Waals surface area contributed by atoms with Crippen LogP contribution in [-0.2, 0) is 4.79 Å². The van der Waals surface area contributed by atoms with Gasteiger partial charge in [-0.2, -0.15) is 0 Å². The predicted octanol–water partition coefficient (Wildman–Crippen LogP) is 2.43. The largest absolute Gasteiger partial charge is 0.481 e. The van der Waals surface area contributed by atoms with E-state index in [4.69, 9.17) is 5.11 Å². The SMILES string of the molecule is O=C(O)CCCCCC1CC1. The maximum absolute atomic E-state index is 10.1. The molecule has 0 aromatic rings. The fourth-order valence-corrected chi connectivity index (χ4v) is 1.29. The molecule has 2 nitrogen and oxygen atoms in total. The van der Waals surface area contributed by atoms with Gasteiger partial charge in [0, 0.05) is 6.42 Å². The summed E-state index contributed by atoms with van der Waals surface area (Å²) in [7, 11) is 0. The summed E-state index contributed by atoms with van der Waals surface area (Å²) < 4.78 is 0. The molecule has 1 aliphatic rings. The fourth-order valence-electron chi connectivity index (χ4n) is 1.29. The molecule has 0 spiro atoms. The first-order valence-electron chi connectivity index (χ1n) is 4.51. The van der Waals surface area contributed by atoms with Crippen LogP contribution < -0.4 is 0 Å². The zero-order chi connectivity index (χ0) is 8.10. The second-order valence-corrected chi connectivity index (χ2v) is 3.44. The highest BCUT2D eigenvalue weighted by molar-refractivity contribution is 5.66. The van der Waals surface area contributed by atoms with Gasteiger partial charge in [-0.3, -0.25) is 4.79 Å². The standard InChI is InChI=1S/C9H16O2/c10-9(11)5-3-1-2-4-8-6-7-8/h8H,1-7H2,(H,10,11). The van der Waals surface area contributed by atoms with Gasteiger partial charge >= 0.3 is 5.97 Å². The lowest BCUT2D eigenvalue weighted by molar-refractivity contribution is -0.137. The fraction of sp³-hybridized carbons (Fsp3) is 0.889. The van der Waals surface area contributed by atoms with Crippen LogP contribution in [0.15, 0.2) is 0 Å². The molecule has 1 fully saturated rings. The van der Waals surface area contributed by atoms with Crippen molar-refractivity contribution in [3.05, 3.63) is 0 Å². The highest BCUT2D eigenvalue weighted by atomic mass is 16.4. The van der Waals surface area contributed by atoms with E-state index in [0.717, 1.165) is 18.8 Å². The number of aliphatic carboxylic acids is 1. The smallest absolute Gasteiger partial charge is 0.303 e. The van der Waals surface area contributed by atoms with Crippen LogP contribution in [0.2, 0.25) is 0 Å². The first kappa shape index (κ1) is 8.57. The molecule has 0 aromatic heterocycles. The Balaban J connectivity index is 1.76. The summed E-state index contributed by atoms with van der Waals surface area (Å²) in [5.74, 6) is 0.344. The Morgan fingerprint density at radius 2 is 2.00 bits per heavy atom. The van der Waals surface area contributed by atoms with Gasteiger partial charge < -0.3 is 5.11 Å². The summed E-state index contributed by atoms with van der Waals surface area (Å²) in [4.78, 5) is 10.1. The average molecular weight is 156 g/mol. The number of carboxylic acids is 1. The third kappa shape index (κ3) is 4.82. The van der Waals surface area contributed by atoms with Crippen LogP contribution in [-0.4, -0.2) is 11.1 Å². The molecule has 0 atom stereocenters. The van der Waals surface area contributed by atoms with Gasteiger partial charge in [0.05, 0.1) is 0 Å². The Kier molecular flexibility index (Phi) is 3.40. The molecule has 0 amide bonds. The van der Waals surface area contributed by atoms with Crippen LogP contribution >= 0.6 is 0 Å². The van der Waals surface area contributed by atoms with Crippen molar-refractivity contribution in [3.8, 4) is 0 Å². The van der Waals surface area contributed by atoms with Crippen LogP contribution in [0, 0.1) is 5.92 Å². The summed E-state index contributed by atoms with van der Waals surface area (Å²) >= 11 is 0. The number of rotatable bonds is 6. The number of carboxylic acid groups (broad SMARTS) is 1. The van der Waals surface area contributed by atoms with Crippen molar-refractivity contribution >= 4 is 5.97 Å². The Labute approximate surface area is 67.6 Å². The number of hydrogen-bond donors (Lipinski definition) is 1. The molecule has 64 valence electrons. The van der Waals surface area contributed by atoms with Crippen LogP contribution in [0.3, 0.4) is 0 Å². The minimum Gasteiger partial charge on any atom is -0.481 e. The molecule has 0 bridgehead atoms. The lowest BCUT2D eigenvalue weighted by Crippen LogP contribution is -1.93. The molecule has 0 saturated heterocycles. The zero-order valence-electron chi connectivity index (χ0n) is 6.88. The van der Waals surface area contributed by atoms with Gasteiger partial charge in [-0.15, -0.1) is 0 Å². The van der Waals surface area contributed by atoms with E-state index in [0.29, 0.717) is 6.42 Å². The van der Waals surface area contributed by atoms with Crippen molar-refractivity contribution in [1.29, 1.82) is 0 Å². The van der Waals surface area contributed by atoms with Gasteiger partial charge in [-0.25, -0.2) is 0 Å². The third-order valence-corrected chi connectivity index (χ3v) is 2.20. The Morgan fingerprint density at radius 1 is 1.27 bits per heavy atom. The Hall–Kier alpha value is -0.530. The summed E-state index contributed by atoms with van der Waals surface area (Å²) in [5.41, 5.74) is 0. The summed E-state index contributed by atoms with van der Waals surface area (Å²) in [5, 5.41) is 8.33. The predicted molar refractivity (Wildman–Crippen MR) is 43.4 cm³/mol. The second kappa shape index (κ2) is 4.37. The molecule has 0 heterocycles.